The van der Waals surface area contributed by atoms with Crippen LogP contribution in [0.3, 0.4) is 0 Å². The van der Waals surface area contributed by atoms with Gasteiger partial charge < -0.3 is 5.32 Å². The topological polar surface area (TPSA) is 104 Å². The maximum absolute atomic E-state index is 12.2. The number of nitrogens with one attached hydrogen (secondary N) is 3. The number of halogens is 1. The Kier molecular flexibility index (Phi) is 6.45. The van der Waals surface area contributed by atoms with Crippen LogP contribution in [0.15, 0.2) is 65.7 Å². The third-order valence-corrected chi connectivity index (χ3v) is 5.99. The number of aromatic amines is 1. The molecule has 7 nitrogen and oxygen atoms in total. The van der Waals surface area contributed by atoms with E-state index in [-0.39, 0.29) is 28.8 Å². The molecule has 28 heavy (non-hydrogen) atoms. The predicted octanol–water partition coefficient (Wildman–Crippen LogP) is 2.71. The summed E-state index contributed by atoms with van der Waals surface area (Å²) >= 11 is 5.91. The van der Waals surface area contributed by atoms with E-state index in [1.54, 1.807) is 18.3 Å². The maximum Gasteiger partial charge on any atom is 0.242 e. The molecule has 0 unspecified atom stereocenters. The first-order valence-corrected chi connectivity index (χ1v) is 10.4. The lowest BCUT2D eigenvalue weighted by molar-refractivity contribution is -0.121. The van der Waals surface area contributed by atoms with Crippen molar-refractivity contribution < 1.29 is 13.2 Å². The third-order valence-electron chi connectivity index (χ3n) is 4.03. The second kappa shape index (κ2) is 9.01. The van der Waals surface area contributed by atoms with E-state index in [2.05, 4.69) is 20.2 Å². The summed E-state index contributed by atoms with van der Waals surface area (Å²) in [5.74, 6) is -0.250. The molecule has 0 radical (unpaired) electrons. The highest BCUT2D eigenvalue weighted by Gasteiger charge is 2.17. The summed E-state index contributed by atoms with van der Waals surface area (Å²) in [6.07, 6.45) is 1.71. The molecule has 0 saturated carbocycles. The molecule has 3 N–H and O–H groups in total. The number of amides is 1. The van der Waals surface area contributed by atoms with Gasteiger partial charge in [-0.15, -0.1) is 0 Å². The first-order valence-electron chi connectivity index (χ1n) is 8.55. The standard InChI is InChI=1S/C19H19ClN4O3S/c20-16-3-1-2-4-18(16)28(26,27)23-12-10-19(25)21-13-14-5-7-15(8-6-14)17-9-11-22-24-17/h1-9,11,23H,10,12-13H2,(H,21,25)(H,22,24). The lowest BCUT2D eigenvalue weighted by Gasteiger charge is -2.09. The minimum atomic E-state index is -3.75. The van der Waals surface area contributed by atoms with Gasteiger partial charge in [-0.3, -0.25) is 9.89 Å². The number of carbonyl (C=O) groups is 1. The van der Waals surface area contributed by atoms with Gasteiger partial charge in [-0.25, -0.2) is 13.1 Å². The average Bonchev–Trinajstić information content (AvgIpc) is 3.21. The normalized spacial score (nSPS) is 11.3. The van der Waals surface area contributed by atoms with Crippen molar-refractivity contribution in [3.05, 3.63) is 71.4 Å². The first kappa shape index (κ1) is 20.1. The zero-order chi connectivity index (χ0) is 20.0. The maximum atomic E-state index is 12.2. The van der Waals surface area contributed by atoms with Crippen LogP contribution in [0.25, 0.3) is 11.3 Å². The van der Waals surface area contributed by atoms with Gasteiger partial charge in [0, 0.05) is 25.7 Å². The number of H-pyrrole nitrogens is 1. The van der Waals surface area contributed by atoms with E-state index in [9.17, 15) is 13.2 Å². The first-order chi connectivity index (χ1) is 13.5. The summed E-state index contributed by atoms with van der Waals surface area (Å²) in [6.45, 7) is 0.345. The lowest BCUT2D eigenvalue weighted by atomic mass is 10.1. The van der Waals surface area contributed by atoms with E-state index in [4.69, 9.17) is 11.6 Å². The van der Waals surface area contributed by atoms with Gasteiger partial charge >= 0.3 is 0 Å². The Morgan fingerprint density at radius 1 is 1.07 bits per heavy atom. The molecule has 0 fully saturated rings. The van der Waals surface area contributed by atoms with Crippen molar-refractivity contribution in [2.75, 3.05) is 6.54 Å². The summed E-state index contributed by atoms with van der Waals surface area (Å²) in [5, 5.41) is 9.71. The van der Waals surface area contributed by atoms with E-state index >= 15 is 0 Å². The molecule has 146 valence electrons. The Balaban J connectivity index is 1.45. The van der Waals surface area contributed by atoms with E-state index < -0.39 is 10.0 Å². The second-order valence-electron chi connectivity index (χ2n) is 6.02. The van der Waals surface area contributed by atoms with E-state index in [0.29, 0.717) is 6.54 Å². The molecule has 1 heterocycles. The van der Waals surface area contributed by atoms with Crippen LogP contribution in [-0.4, -0.2) is 31.1 Å². The minimum Gasteiger partial charge on any atom is -0.352 e. The number of sulfonamides is 1. The summed E-state index contributed by atoms with van der Waals surface area (Å²) in [4.78, 5) is 12.0. The molecule has 0 spiro atoms. The number of aromatic nitrogens is 2. The van der Waals surface area contributed by atoms with Crippen LogP contribution in [0, 0.1) is 0 Å². The van der Waals surface area contributed by atoms with Gasteiger partial charge in [-0.05, 0) is 29.3 Å². The molecule has 3 rings (SSSR count). The number of hydrogen-bond donors (Lipinski definition) is 3. The van der Waals surface area contributed by atoms with Crippen molar-refractivity contribution in [2.45, 2.75) is 17.9 Å². The minimum absolute atomic E-state index is 0.00516. The smallest absolute Gasteiger partial charge is 0.242 e. The monoisotopic (exact) mass is 418 g/mol. The van der Waals surface area contributed by atoms with Crippen LogP contribution in [0.1, 0.15) is 12.0 Å². The molecule has 3 aromatic rings. The van der Waals surface area contributed by atoms with Gasteiger partial charge in [0.15, 0.2) is 0 Å². The van der Waals surface area contributed by atoms with E-state index in [1.165, 1.54) is 12.1 Å². The molecule has 1 aromatic heterocycles. The number of rotatable bonds is 8. The van der Waals surface area contributed by atoms with Gasteiger partial charge in [-0.1, -0.05) is 48.0 Å². The fraction of sp³-hybridized carbons (Fsp3) is 0.158. The lowest BCUT2D eigenvalue weighted by Crippen LogP contribution is -2.30. The van der Waals surface area contributed by atoms with Crippen molar-refractivity contribution >= 4 is 27.5 Å². The molecule has 1 amide bonds. The molecular weight excluding hydrogens is 400 g/mol. The Hall–Kier alpha value is -2.68. The predicted molar refractivity (Wildman–Crippen MR) is 107 cm³/mol. The van der Waals surface area contributed by atoms with Crippen molar-refractivity contribution in [3.8, 4) is 11.3 Å². The fourth-order valence-corrected chi connectivity index (χ4v) is 4.10. The number of benzene rings is 2. The zero-order valence-electron chi connectivity index (χ0n) is 14.9. The number of nitrogens with zero attached hydrogens (tertiary/aromatic N) is 1. The highest BCUT2D eigenvalue weighted by atomic mass is 35.5. The Morgan fingerprint density at radius 2 is 1.82 bits per heavy atom. The van der Waals surface area contributed by atoms with Crippen molar-refractivity contribution in [1.82, 2.24) is 20.2 Å². The van der Waals surface area contributed by atoms with E-state index in [0.717, 1.165) is 16.8 Å². The third kappa shape index (κ3) is 5.19. The van der Waals surface area contributed by atoms with Crippen molar-refractivity contribution in [2.24, 2.45) is 0 Å². The number of hydrogen-bond acceptors (Lipinski definition) is 4. The quantitative estimate of drug-likeness (QED) is 0.523. The van der Waals surface area contributed by atoms with Gasteiger partial charge in [0.05, 0.1) is 10.7 Å². The molecule has 2 aromatic carbocycles. The molecule has 9 heteroatoms. The second-order valence-corrected chi connectivity index (χ2v) is 8.16. The molecule has 0 aliphatic carbocycles. The van der Waals surface area contributed by atoms with Crippen LogP contribution < -0.4 is 10.0 Å². The summed E-state index contributed by atoms with van der Waals surface area (Å²) in [7, 11) is -3.75. The molecule has 0 atom stereocenters. The Bertz CT molecular complexity index is 1040. The highest BCUT2D eigenvalue weighted by Crippen LogP contribution is 2.20. The van der Waals surface area contributed by atoms with Crippen molar-refractivity contribution in [3.63, 3.8) is 0 Å². The molecule has 0 aliphatic rings. The summed E-state index contributed by atoms with van der Waals surface area (Å²) < 4.78 is 26.8. The average molecular weight is 419 g/mol. The largest absolute Gasteiger partial charge is 0.352 e. The van der Waals surface area contributed by atoms with Crippen LogP contribution in [0.5, 0.6) is 0 Å². The van der Waals surface area contributed by atoms with Crippen LogP contribution in [0.2, 0.25) is 5.02 Å². The van der Waals surface area contributed by atoms with Crippen LogP contribution >= 0.6 is 11.6 Å². The Labute approximate surface area is 168 Å². The SMILES string of the molecule is O=C(CCNS(=O)(=O)c1ccccc1Cl)NCc1ccc(-c2ccn[nH]2)cc1. The number of carbonyl (C=O) groups excluding carboxylic acids is 1. The van der Waals surface area contributed by atoms with Gasteiger partial charge in [0.1, 0.15) is 4.90 Å². The highest BCUT2D eigenvalue weighted by molar-refractivity contribution is 7.89. The van der Waals surface area contributed by atoms with Gasteiger partial charge in [-0.2, -0.15) is 5.10 Å². The summed E-state index contributed by atoms with van der Waals surface area (Å²) in [6, 6.07) is 15.7. The van der Waals surface area contributed by atoms with Crippen LogP contribution in [-0.2, 0) is 21.4 Å². The molecule has 0 bridgehead atoms. The van der Waals surface area contributed by atoms with Gasteiger partial charge in [0.25, 0.3) is 0 Å². The molecular formula is C19H19ClN4O3S. The molecule has 0 saturated heterocycles. The Morgan fingerprint density at radius 3 is 2.50 bits per heavy atom. The zero-order valence-corrected chi connectivity index (χ0v) is 16.4. The fourth-order valence-electron chi connectivity index (χ4n) is 2.55. The van der Waals surface area contributed by atoms with Crippen molar-refractivity contribution in [1.29, 1.82) is 0 Å². The van der Waals surface area contributed by atoms with Crippen LogP contribution in [0.4, 0.5) is 0 Å². The molecule has 0 aliphatic heterocycles. The summed E-state index contributed by atoms with van der Waals surface area (Å²) in [5.41, 5.74) is 2.86. The van der Waals surface area contributed by atoms with E-state index in [1.807, 2.05) is 30.3 Å². The van der Waals surface area contributed by atoms with Gasteiger partial charge in [0.2, 0.25) is 15.9 Å².